The van der Waals surface area contributed by atoms with E-state index in [0.717, 1.165) is 15.9 Å². The molecule has 1 aromatic heterocycles. The molecule has 0 saturated carbocycles. The lowest BCUT2D eigenvalue weighted by Crippen LogP contribution is -2.11. The second-order valence-corrected chi connectivity index (χ2v) is 5.46. The molecule has 1 aromatic carbocycles. The van der Waals surface area contributed by atoms with E-state index in [1.165, 1.54) is 7.11 Å². The van der Waals surface area contributed by atoms with Gasteiger partial charge in [0.15, 0.2) is 4.67 Å². The number of methoxy groups -OCH3 is 1. The Labute approximate surface area is 132 Å². The number of furan rings is 1. The van der Waals surface area contributed by atoms with Gasteiger partial charge in [0.25, 0.3) is 0 Å². The Morgan fingerprint density at radius 2 is 2.05 bits per heavy atom. The first-order valence-electron chi connectivity index (χ1n) is 5.71. The molecule has 0 aliphatic heterocycles. The Kier molecular flexibility index (Phi) is 5.08. The minimum atomic E-state index is -0.499. The fraction of sp³-hybridized carbons (Fsp3) is 0.154. The molecule has 0 fully saturated rings. The minimum Gasteiger partial charge on any atom is -0.453 e. The minimum absolute atomic E-state index is 0.499. The normalized spacial score (nSPS) is 10.2. The zero-order chi connectivity index (χ0) is 14.5. The molecule has 0 radical (unpaired) electrons. The van der Waals surface area contributed by atoms with Crippen LogP contribution in [0, 0.1) is 0 Å². The van der Waals surface area contributed by atoms with E-state index in [1.807, 2.05) is 24.3 Å². The summed E-state index contributed by atoms with van der Waals surface area (Å²) in [5.41, 5.74) is 1.52. The first kappa shape index (κ1) is 14.9. The molecule has 2 rings (SSSR count). The number of carbonyl (C=O) groups excluding carboxylic acids is 1. The van der Waals surface area contributed by atoms with Crippen LogP contribution in [0.2, 0.25) is 0 Å². The van der Waals surface area contributed by atoms with Crippen LogP contribution in [0.4, 0.5) is 16.2 Å². The highest BCUT2D eigenvalue weighted by molar-refractivity contribution is 9.13. The lowest BCUT2D eigenvalue weighted by Gasteiger charge is -2.07. The van der Waals surface area contributed by atoms with Crippen molar-refractivity contribution in [1.29, 1.82) is 0 Å². The van der Waals surface area contributed by atoms with Crippen molar-refractivity contribution < 1.29 is 13.9 Å². The average Bonchev–Trinajstić information content (AvgIpc) is 2.76. The fourth-order valence-electron chi connectivity index (χ4n) is 1.54. The molecule has 0 spiro atoms. The van der Waals surface area contributed by atoms with Crippen LogP contribution in [-0.2, 0) is 11.3 Å². The van der Waals surface area contributed by atoms with Gasteiger partial charge in [-0.05, 0) is 56.1 Å². The van der Waals surface area contributed by atoms with Gasteiger partial charge in [0, 0.05) is 11.4 Å². The third-order valence-corrected chi connectivity index (χ3v) is 4.17. The van der Waals surface area contributed by atoms with Gasteiger partial charge < -0.3 is 14.5 Å². The molecule has 20 heavy (non-hydrogen) atoms. The molecular weight excluding hydrogens is 392 g/mol. The van der Waals surface area contributed by atoms with E-state index in [9.17, 15) is 4.79 Å². The van der Waals surface area contributed by atoms with Gasteiger partial charge in [-0.2, -0.15) is 0 Å². The predicted octanol–water partition coefficient (Wildman–Crippen LogP) is 4.60. The van der Waals surface area contributed by atoms with Crippen molar-refractivity contribution in [2.45, 2.75) is 6.54 Å². The second-order valence-electron chi connectivity index (χ2n) is 3.89. The first-order chi connectivity index (χ1) is 9.58. The van der Waals surface area contributed by atoms with Gasteiger partial charge in [0.2, 0.25) is 0 Å². The fourth-order valence-corrected chi connectivity index (χ4v) is 2.20. The van der Waals surface area contributed by atoms with Crippen LogP contribution in [0.3, 0.4) is 0 Å². The molecule has 0 bridgehead atoms. The number of benzene rings is 1. The monoisotopic (exact) mass is 402 g/mol. The molecule has 2 N–H and O–H groups in total. The predicted molar refractivity (Wildman–Crippen MR) is 83.9 cm³/mol. The second kappa shape index (κ2) is 6.81. The van der Waals surface area contributed by atoms with E-state index in [1.54, 1.807) is 6.07 Å². The van der Waals surface area contributed by atoms with Gasteiger partial charge in [0.05, 0.1) is 18.1 Å². The van der Waals surface area contributed by atoms with Crippen molar-refractivity contribution in [3.8, 4) is 0 Å². The zero-order valence-corrected chi connectivity index (χ0v) is 13.7. The van der Waals surface area contributed by atoms with E-state index in [4.69, 9.17) is 4.42 Å². The SMILES string of the molecule is COC(=O)Nc1cccc(NCc2cc(Br)c(Br)o2)c1. The van der Waals surface area contributed by atoms with Crippen LogP contribution in [0.25, 0.3) is 0 Å². The summed E-state index contributed by atoms with van der Waals surface area (Å²) in [6.45, 7) is 0.534. The highest BCUT2D eigenvalue weighted by atomic mass is 79.9. The lowest BCUT2D eigenvalue weighted by molar-refractivity contribution is 0.187. The first-order valence-corrected chi connectivity index (χ1v) is 7.29. The third kappa shape index (κ3) is 4.01. The van der Waals surface area contributed by atoms with Gasteiger partial charge in [-0.1, -0.05) is 6.07 Å². The van der Waals surface area contributed by atoms with Crippen LogP contribution in [0.1, 0.15) is 5.76 Å². The Morgan fingerprint density at radius 3 is 2.70 bits per heavy atom. The summed E-state index contributed by atoms with van der Waals surface area (Å²) in [6, 6.07) is 9.21. The molecule has 106 valence electrons. The quantitative estimate of drug-likeness (QED) is 0.783. The maximum absolute atomic E-state index is 11.1. The summed E-state index contributed by atoms with van der Waals surface area (Å²) in [5, 5.41) is 5.81. The van der Waals surface area contributed by atoms with E-state index in [0.29, 0.717) is 16.9 Å². The van der Waals surface area contributed by atoms with Gasteiger partial charge in [-0.3, -0.25) is 5.32 Å². The Balaban J connectivity index is 1.99. The van der Waals surface area contributed by atoms with Crippen LogP contribution in [0.15, 0.2) is 43.9 Å². The summed E-state index contributed by atoms with van der Waals surface area (Å²) < 4.78 is 11.5. The molecule has 1 amide bonds. The Morgan fingerprint density at radius 1 is 1.30 bits per heavy atom. The van der Waals surface area contributed by atoms with Crippen molar-refractivity contribution in [3.05, 3.63) is 45.2 Å². The number of nitrogens with one attached hydrogen (secondary N) is 2. The highest BCUT2D eigenvalue weighted by Crippen LogP contribution is 2.27. The summed E-state index contributed by atoms with van der Waals surface area (Å²) >= 11 is 6.65. The molecule has 0 unspecified atom stereocenters. The van der Waals surface area contributed by atoms with Gasteiger partial charge in [0.1, 0.15) is 5.76 Å². The summed E-state index contributed by atoms with van der Waals surface area (Å²) in [7, 11) is 1.32. The molecule has 1 heterocycles. The largest absolute Gasteiger partial charge is 0.453 e. The molecule has 7 heteroatoms. The van der Waals surface area contributed by atoms with Crippen molar-refractivity contribution in [2.75, 3.05) is 17.7 Å². The van der Waals surface area contributed by atoms with Gasteiger partial charge in [-0.15, -0.1) is 0 Å². The van der Waals surface area contributed by atoms with E-state index < -0.39 is 6.09 Å². The van der Waals surface area contributed by atoms with Crippen molar-refractivity contribution in [1.82, 2.24) is 0 Å². The van der Waals surface area contributed by atoms with Gasteiger partial charge in [-0.25, -0.2) is 4.79 Å². The molecule has 5 nitrogen and oxygen atoms in total. The molecule has 0 atom stereocenters. The van der Waals surface area contributed by atoms with E-state index >= 15 is 0 Å². The standard InChI is InChI=1S/C13H12Br2N2O3/c1-19-13(18)17-9-4-2-3-8(5-9)16-7-10-6-11(14)12(15)20-10/h2-6,16H,7H2,1H3,(H,17,18). The smallest absolute Gasteiger partial charge is 0.411 e. The number of hydrogen-bond donors (Lipinski definition) is 2. The van der Waals surface area contributed by atoms with E-state index in [2.05, 4.69) is 47.2 Å². The Hall–Kier alpha value is -1.47. The number of anilines is 2. The number of rotatable bonds is 4. The molecule has 0 aliphatic carbocycles. The summed E-state index contributed by atoms with van der Waals surface area (Å²) in [6.07, 6.45) is -0.499. The number of ether oxygens (including phenoxy) is 1. The van der Waals surface area contributed by atoms with Crippen molar-refractivity contribution >= 4 is 49.3 Å². The van der Waals surface area contributed by atoms with Crippen LogP contribution in [0.5, 0.6) is 0 Å². The van der Waals surface area contributed by atoms with Crippen LogP contribution >= 0.6 is 31.9 Å². The number of hydrogen-bond acceptors (Lipinski definition) is 4. The molecule has 0 saturated heterocycles. The maximum Gasteiger partial charge on any atom is 0.411 e. The van der Waals surface area contributed by atoms with Crippen LogP contribution in [-0.4, -0.2) is 13.2 Å². The summed E-state index contributed by atoms with van der Waals surface area (Å²) in [5.74, 6) is 0.787. The number of amides is 1. The zero-order valence-electron chi connectivity index (χ0n) is 10.6. The number of halogens is 2. The van der Waals surface area contributed by atoms with E-state index in [-0.39, 0.29) is 0 Å². The maximum atomic E-state index is 11.1. The number of carbonyl (C=O) groups is 1. The average molecular weight is 404 g/mol. The Bertz CT molecular complexity index is 594. The highest BCUT2D eigenvalue weighted by Gasteiger charge is 2.06. The topological polar surface area (TPSA) is 63.5 Å². The van der Waals surface area contributed by atoms with Crippen LogP contribution < -0.4 is 10.6 Å². The molecular formula is C13H12Br2N2O3. The molecule has 2 aromatic rings. The molecule has 0 aliphatic rings. The lowest BCUT2D eigenvalue weighted by atomic mass is 10.2. The van der Waals surface area contributed by atoms with Crippen molar-refractivity contribution in [3.63, 3.8) is 0 Å². The van der Waals surface area contributed by atoms with Crippen molar-refractivity contribution in [2.24, 2.45) is 0 Å². The third-order valence-electron chi connectivity index (χ3n) is 2.46. The summed E-state index contributed by atoms with van der Waals surface area (Å²) in [4.78, 5) is 11.1. The van der Waals surface area contributed by atoms with Gasteiger partial charge >= 0.3 is 6.09 Å².